The van der Waals surface area contributed by atoms with Gasteiger partial charge in [0.05, 0.1) is 56.9 Å². The highest BCUT2D eigenvalue weighted by molar-refractivity contribution is 6.35. The van der Waals surface area contributed by atoms with Crippen molar-refractivity contribution in [2.75, 3.05) is 36.2 Å². The van der Waals surface area contributed by atoms with Gasteiger partial charge < -0.3 is 39.4 Å². The number of aliphatic carboxylic acids is 2. The Morgan fingerprint density at radius 1 is 0.611 bits per heavy atom. The third-order valence-corrected chi connectivity index (χ3v) is 13.1. The normalized spacial score (nSPS) is 17.0. The Hall–Kier alpha value is -7.00. The number of aliphatic hydroxyl groups is 2. The average Bonchev–Trinajstić information content (AvgIpc) is 3.73. The summed E-state index contributed by atoms with van der Waals surface area (Å²) in [4.78, 5) is 57.3. The average molecular weight is 1050 g/mol. The molecule has 2 heterocycles. The molecule has 72 heavy (non-hydrogen) atoms. The summed E-state index contributed by atoms with van der Waals surface area (Å²) in [5.41, 5.74) is -4.79. The quantitative estimate of drug-likeness (QED) is 0.0672. The number of rotatable bonds is 16. The van der Waals surface area contributed by atoms with Gasteiger partial charge in [0.15, 0.2) is 25.7 Å². The zero-order chi connectivity index (χ0) is 52.4. The molecule has 2 aliphatic heterocycles. The number of carbonyl (C=O) groups excluding carboxylic acids is 2. The summed E-state index contributed by atoms with van der Waals surface area (Å²) in [6, 6.07) is 18.6. The Kier molecular flexibility index (Phi) is 13.7. The molecule has 0 saturated carbocycles. The fraction of sp³-hybridized carbons (Fsp3) is 0.280. The molecule has 8 rings (SSSR count). The van der Waals surface area contributed by atoms with Crippen LogP contribution < -0.4 is 28.7 Å². The van der Waals surface area contributed by atoms with E-state index >= 15 is 0 Å². The van der Waals surface area contributed by atoms with Gasteiger partial charge >= 0.3 is 24.3 Å². The van der Waals surface area contributed by atoms with Crippen molar-refractivity contribution in [1.29, 1.82) is 0 Å². The number of carboxylic acid groups (broad SMARTS) is 2. The molecule has 378 valence electrons. The number of alkyl halides is 6. The molecule has 0 aromatic heterocycles. The van der Waals surface area contributed by atoms with Crippen LogP contribution in [0.5, 0.6) is 23.0 Å². The molecule has 2 aliphatic rings. The maximum atomic E-state index is 14.4. The van der Waals surface area contributed by atoms with Crippen LogP contribution in [-0.2, 0) is 15.0 Å². The fourth-order valence-corrected chi connectivity index (χ4v) is 10.2. The van der Waals surface area contributed by atoms with Gasteiger partial charge in [0.1, 0.15) is 34.3 Å². The summed E-state index contributed by atoms with van der Waals surface area (Å²) in [5.74, 6) is -8.47. The molecule has 6 aromatic rings. The number of amides is 2. The van der Waals surface area contributed by atoms with Crippen molar-refractivity contribution in [2.24, 2.45) is 0 Å². The molecule has 0 radical (unpaired) electrons. The summed E-state index contributed by atoms with van der Waals surface area (Å²) in [7, 11) is 0. The first-order valence-electron chi connectivity index (χ1n) is 21.9. The first-order valence-corrected chi connectivity index (χ1v) is 22.7. The van der Waals surface area contributed by atoms with Crippen molar-refractivity contribution in [3.05, 3.63) is 128 Å². The van der Waals surface area contributed by atoms with E-state index in [9.17, 15) is 65.9 Å². The van der Waals surface area contributed by atoms with Crippen molar-refractivity contribution in [3.8, 4) is 23.0 Å². The standard InChI is InChI=1S/C50H40Cl2F6N2O12/c1-4-48(47(67)68,24-16-18-32(30(52)20-24)60-43(62)34-36(45(60)64)41(72-22-50(56,57)58)28-14-10-8-12-26(28)39(34)70-6-3)37(46(65)66)23-15-17-31(29(51)19-23)59-42(61)33-35(44(59)63)40(71-21-49(53,54)55)27-13-9-7-11-25(27)38(33)69-5-2/h7-20,37,43-44,62-63H,4-6,21-22H2,1-3H3,(H,65,66)(H,67,68). The number of benzene rings is 6. The van der Waals surface area contributed by atoms with Gasteiger partial charge in [-0.05, 0) is 55.7 Å². The first-order chi connectivity index (χ1) is 34.0. The second-order valence-corrected chi connectivity index (χ2v) is 17.3. The van der Waals surface area contributed by atoms with E-state index in [-0.39, 0.29) is 85.4 Å². The zero-order valence-corrected chi connectivity index (χ0v) is 39.3. The van der Waals surface area contributed by atoms with Gasteiger partial charge in [-0.3, -0.25) is 29.0 Å². The number of fused-ring (bicyclic) bond motifs is 4. The minimum atomic E-state index is -4.83. The smallest absolute Gasteiger partial charge is 0.422 e. The minimum absolute atomic E-state index is 0.00461. The number of anilines is 2. The summed E-state index contributed by atoms with van der Waals surface area (Å²) >= 11 is 13.6. The molecular formula is C50H40Cl2F6N2O12. The molecule has 4 N–H and O–H groups in total. The number of halogens is 8. The third-order valence-electron chi connectivity index (χ3n) is 12.5. The molecule has 0 aliphatic carbocycles. The van der Waals surface area contributed by atoms with Crippen LogP contribution in [0.1, 0.15) is 88.5 Å². The SMILES string of the molecule is CCOc1c2c(c(OCC(F)(F)F)c3ccccc13)C(O)N(c1ccc(C(C(=O)O)C(CC)(C(=O)O)c3ccc(N4C(=O)c5c(c(OCC)c6ccccc6c5OCC(F)(F)F)C4O)c(Cl)c3)cc1Cl)C2=O. The molecule has 0 bridgehead atoms. The second kappa shape index (κ2) is 19.2. The van der Waals surface area contributed by atoms with E-state index < -0.39 is 107 Å². The molecule has 22 heteroatoms. The lowest BCUT2D eigenvalue weighted by atomic mass is 9.65. The van der Waals surface area contributed by atoms with Crippen LogP contribution in [0.3, 0.4) is 0 Å². The maximum absolute atomic E-state index is 14.4. The molecule has 0 spiro atoms. The van der Waals surface area contributed by atoms with Gasteiger partial charge in [0.25, 0.3) is 11.8 Å². The number of hydrogen-bond donors (Lipinski definition) is 4. The summed E-state index contributed by atoms with van der Waals surface area (Å²) < 4.78 is 103. The van der Waals surface area contributed by atoms with Crippen molar-refractivity contribution in [1.82, 2.24) is 0 Å². The monoisotopic (exact) mass is 1040 g/mol. The lowest BCUT2D eigenvalue weighted by molar-refractivity contribution is -0.154. The van der Waals surface area contributed by atoms with E-state index in [0.29, 0.717) is 0 Å². The van der Waals surface area contributed by atoms with Crippen molar-refractivity contribution in [3.63, 3.8) is 0 Å². The van der Waals surface area contributed by atoms with Gasteiger partial charge in [-0.1, -0.05) is 90.8 Å². The van der Waals surface area contributed by atoms with Gasteiger partial charge in [-0.2, -0.15) is 26.3 Å². The van der Waals surface area contributed by atoms with Gasteiger partial charge in [-0.15, -0.1) is 0 Å². The Labute approximate surface area is 414 Å². The molecule has 4 atom stereocenters. The Morgan fingerprint density at radius 2 is 1.01 bits per heavy atom. The van der Waals surface area contributed by atoms with Gasteiger partial charge in [-0.25, -0.2) is 0 Å². The maximum Gasteiger partial charge on any atom is 0.422 e. The molecule has 0 saturated heterocycles. The van der Waals surface area contributed by atoms with Crippen molar-refractivity contribution >= 4 is 79.9 Å². The van der Waals surface area contributed by atoms with E-state index in [0.717, 1.165) is 46.2 Å². The lowest BCUT2D eigenvalue weighted by Crippen LogP contribution is -2.45. The van der Waals surface area contributed by atoms with Crippen LogP contribution in [0.15, 0.2) is 84.9 Å². The van der Waals surface area contributed by atoms with E-state index in [1.807, 2.05) is 0 Å². The van der Waals surface area contributed by atoms with Crippen molar-refractivity contribution < 1.29 is 84.9 Å². The predicted molar refractivity (Wildman–Crippen MR) is 250 cm³/mol. The molecule has 4 unspecified atom stereocenters. The summed E-state index contributed by atoms with van der Waals surface area (Å²) in [6.07, 6.45) is -14.1. The highest BCUT2D eigenvalue weighted by Gasteiger charge is 2.52. The van der Waals surface area contributed by atoms with Crippen molar-refractivity contribution in [2.45, 2.75) is 63.3 Å². The third kappa shape index (κ3) is 8.58. The van der Waals surface area contributed by atoms with Crippen LogP contribution in [0, 0.1) is 0 Å². The zero-order valence-electron chi connectivity index (χ0n) is 37.8. The molecule has 6 aromatic carbocycles. The molecular weight excluding hydrogens is 1010 g/mol. The number of hydrogen-bond acceptors (Lipinski definition) is 10. The summed E-state index contributed by atoms with van der Waals surface area (Å²) in [6.45, 7) is 1.01. The highest BCUT2D eigenvalue weighted by Crippen LogP contribution is 2.54. The van der Waals surface area contributed by atoms with Crippen LogP contribution in [0.4, 0.5) is 37.7 Å². The summed E-state index contributed by atoms with van der Waals surface area (Å²) in [5, 5.41) is 45.4. The van der Waals surface area contributed by atoms with E-state index in [1.165, 1.54) is 43.3 Å². The largest absolute Gasteiger partial charge is 0.493 e. The molecule has 2 amide bonds. The number of ether oxygens (including phenoxy) is 4. The Balaban J connectivity index is 1.19. The molecule has 14 nitrogen and oxygen atoms in total. The van der Waals surface area contributed by atoms with Crippen LogP contribution in [0.25, 0.3) is 21.5 Å². The topological polar surface area (TPSA) is 193 Å². The highest BCUT2D eigenvalue weighted by atomic mass is 35.5. The van der Waals surface area contributed by atoms with Crippen LogP contribution in [0.2, 0.25) is 10.0 Å². The van der Waals surface area contributed by atoms with Crippen LogP contribution >= 0.6 is 23.2 Å². The first kappa shape index (κ1) is 51.4. The van der Waals surface area contributed by atoms with E-state index in [4.69, 9.17) is 42.1 Å². The van der Waals surface area contributed by atoms with Gasteiger partial charge in [0.2, 0.25) is 0 Å². The second-order valence-electron chi connectivity index (χ2n) is 16.5. The van der Waals surface area contributed by atoms with Crippen LogP contribution in [-0.4, -0.2) is 83.0 Å². The minimum Gasteiger partial charge on any atom is -0.493 e. The predicted octanol–water partition coefficient (Wildman–Crippen LogP) is 10.9. The fourth-order valence-electron chi connectivity index (χ4n) is 9.61. The molecule has 0 fully saturated rings. The Morgan fingerprint density at radius 3 is 1.42 bits per heavy atom. The number of carbonyl (C=O) groups is 4. The number of aliphatic hydroxyl groups excluding tert-OH is 2. The number of nitrogens with zero attached hydrogens (tertiary/aromatic N) is 2. The van der Waals surface area contributed by atoms with E-state index in [2.05, 4.69) is 0 Å². The van der Waals surface area contributed by atoms with Gasteiger partial charge in [0, 0.05) is 21.5 Å². The Bertz CT molecular complexity index is 3210. The van der Waals surface area contributed by atoms with E-state index in [1.54, 1.807) is 26.0 Å². The number of carboxylic acids is 2. The lowest BCUT2D eigenvalue weighted by Gasteiger charge is -2.36.